The van der Waals surface area contributed by atoms with Crippen molar-refractivity contribution >= 4 is 22.0 Å². The average Bonchev–Trinajstić information content (AvgIpc) is 2.41. The van der Waals surface area contributed by atoms with Gasteiger partial charge in [-0.1, -0.05) is 15.9 Å². The fraction of sp³-hybridized carbons (Fsp3) is 0.938. The molecular weight excluding hydrogens is 334 g/mol. The van der Waals surface area contributed by atoms with Gasteiger partial charge in [0.05, 0.1) is 6.10 Å². The molecule has 4 nitrogen and oxygen atoms in total. The van der Waals surface area contributed by atoms with Gasteiger partial charge in [0.1, 0.15) is 5.60 Å². The zero-order valence-corrected chi connectivity index (χ0v) is 15.4. The first-order valence-electron chi connectivity index (χ1n) is 7.97. The number of alkyl halides is 1. The Hall–Kier alpha value is -0.290. The summed E-state index contributed by atoms with van der Waals surface area (Å²) in [6.07, 6.45) is 6.49. The van der Waals surface area contributed by atoms with Gasteiger partial charge >= 0.3 is 6.09 Å². The summed E-state index contributed by atoms with van der Waals surface area (Å²) in [5.74, 6) is 0. The highest BCUT2D eigenvalue weighted by Crippen LogP contribution is 2.25. The van der Waals surface area contributed by atoms with E-state index in [4.69, 9.17) is 9.47 Å². The highest BCUT2D eigenvalue weighted by molar-refractivity contribution is 9.09. The van der Waals surface area contributed by atoms with E-state index in [1.165, 1.54) is 0 Å². The molecule has 1 rings (SSSR count). The standard InChI is InChI=1S/C16H30BrNO3/c1-16(2,3)21-15(19)18(4)13-7-9-14(10-8-13)20-12-6-5-11-17/h13-14H,5-12H2,1-4H3. The molecule has 0 saturated heterocycles. The van der Waals surface area contributed by atoms with Crippen molar-refractivity contribution in [3.05, 3.63) is 0 Å². The summed E-state index contributed by atoms with van der Waals surface area (Å²) in [4.78, 5) is 13.8. The lowest BCUT2D eigenvalue weighted by Gasteiger charge is -2.35. The van der Waals surface area contributed by atoms with Crippen molar-refractivity contribution in [3.8, 4) is 0 Å². The summed E-state index contributed by atoms with van der Waals surface area (Å²) >= 11 is 3.43. The first-order valence-corrected chi connectivity index (χ1v) is 9.09. The number of carbonyl (C=O) groups excluding carboxylic acids is 1. The van der Waals surface area contributed by atoms with Gasteiger partial charge in [-0.25, -0.2) is 4.79 Å². The topological polar surface area (TPSA) is 38.8 Å². The molecule has 124 valence electrons. The van der Waals surface area contributed by atoms with E-state index in [0.29, 0.717) is 6.10 Å². The monoisotopic (exact) mass is 363 g/mol. The lowest BCUT2D eigenvalue weighted by molar-refractivity contribution is -0.00551. The second kappa shape index (κ2) is 8.99. The van der Waals surface area contributed by atoms with Crippen LogP contribution in [0.2, 0.25) is 0 Å². The van der Waals surface area contributed by atoms with Gasteiger partial charge < -0.3 is 14.4 Å². The first kappa shape index (κ1) is 18.8. The van der Waals surface area contributed by atoms with Crippen LogP contribution in [-0.4, -0.2) is 47.7 Å². The van der Waals surface area contributed by atoms with Crippen LogP contribution in [0.1, 0.15) is 59.3 Å². The Kier molecular flexibility index (Phi) is 8.03. The van der Waals surface area contributed by atoms with Gasteiger partial charge in [-0.2, -0.15) is 0 Å². The molecule has 21 heavy (non-hydrogen) atoms. The van der Waals surface area contributed by atoms with Gasteiger partial charge in [0.25, 0.3) is 0 Å². The summed E-state index contributed by atoms with van der Waals surface area (Å²) in [5.41, 5.74) is -0.429. The minimum Gasteiger partial charge on any atom is -0.444 e. The van der Waals surface area contributed by atoms with Crippen molar-refractivity contribution < 1.29 is 14.3 Å². The molecule has 0 N–H and O–H groups in total. The molecule has 1 aliphatic carbocycles. The Morgan fingerprint density at radius 3 is 2.33 bits per heavy atom. The summed E-state index contributed by atoms with van der Waals surface area (Å²) in [6, 6.07) is 0.280. The number of ether oxygens (including phenoxy) is 2. The van der Waals surface area contributed by atoms with Crippen LogP contribution in [0.25, 0.3) is 0 Å². The number of rotatable bonds is 6. The van der Waals surface area contributed by atoms with Crippen LogP contribution < -0.4 is 0 Å². The molecule has 0 unspecified atom stereocenters. The third-order valence-electron chi connectivity index (χ3n) is 3.75. The van der Waals surface area contributed by atoms with Crippen LogP contribution in [0.3, 0.4) is 0 Å². The number of hydrogen-bond acceptors (Lipinski definition) is 3. The second-order valence-corrected chi connectivity index (χ2v) is 7.58. The summed E-state index contributed by atoms with van der Waals surface area (Å²) in [7, 11) is 1.84. The lowest BCUT2D eigenvalue weighted by Crippen LogP contribution is -2.43. The van der Waals surface area contributed by atoms with Crippen molar-refractivity contribution in [3.63, 3.8) is 0 Å². The molecule has 0 aromatic heterocycles. The molecule has 0 aromatic rings. The maximum Gasteiger partial charge on any atom is 0.410 e. The second-order valence-electron chi connectivity index (χ2n) is 6.79. The Morgan fingerprint density at radius 1 is 1.19 bits per heavy atom. The van der Waals surface area contributed by atoms with E-state index >= 15 is 0 Å². The molecule has 5 heteroatoms. The molecule has 1 aliphatic rings. The van der Waals surface area contributed by atoms with E-state index in [2.05, 4.69) is 15.9 Å². The predicted molar refractivity (Wildman–Crippen MR) is 89.0 cm³/mol. The fourth-order valence-electron chi connectivity index (χ4n) is 2.53. The van der Waals surface area contributed by atoms with E-state index in [1.807, 2.05) is 27.8 Å². The third kappa shape index (κ3) is 7.50. The summed E-state index contributed by atoms with van der Waals surface area (Å²) < 4.78 is 11.3. The third-order valence-corrected chi connectivity index (χ3v) is 4.32. The van der Waals surface area contributed by atoms with Crippen LogP contribution in [-0.2, 0) is 9.47 Å². The number of amides is 1. The normalized spacial score (nSPS) is 22.9. The molecule has 1 fully saturated rings. The summed E-state index contributed by atoms with van der Waals surface area (Å²) in [5, 5.41) is 1.05. The van der Waals surface area contributed by atoms with E-state index < -0.39 is 5.60 Å². The SMILES string of the molecule is CN(C(=O)OC(C)(C)C)C1CCC(OCCCCBr)CC1. The van der Waals surface area contributed by atoms with E-state index in [9.17, 15) is 4.79 Å². The molecule has 1 saturated carbocycles. The molecule has 0 bridgehead atoms. The Balaban J connectivity index is 2.27. The molecule has 0 heterocycles. The van der Waals surface area contributed by atoms with Gasteiger partial charge in [0.2, 0.25) is 0 Å². The Morgan fingerprint density at radius 2 is 1.81 bits per heavy atom. The van der Waals surface area contributed by atoms with Gasteiger partial charge in [-0.3, -0.25) is 0 Å². The van der Waals surface area contributed by atoms with Crippen molar-refractivity contribution in [1.29, 1.82) is 0 Å². The fourth-order valence-corrected chi connectivity index (χ4v) is 2.93. The van der Waals surface area contributed by atoms with E-state index in [1.54, 1.807) is 4.90 Å². The zero-order chi connectivity index (χ0) is 15.9. The highest BCUT2D eigenvalue weighted by atomic mass is 79.9. The van der Waals surface area contributed by atoms with Gasteiger partial charge in [0.15, 0.2) is 0 Å². The maximum absolute atomic E-state index is 12.1. The Labute approximate surface area is 137 Å². The van der Waals surface area contributed by atoms with Crippen molar-refractivity contribution in [1.82, 2.24) is 4.90 Å². The number of hydrogen-bond donors (Lipinski definition) is 0. The molecule has 0 spiro atoms. The lowest BCUT2D eigenvalue weighted by atomic mass is 9.92. The van der Waals surface area contributed by atoms with Crippen molar-refractivity contribution in [2.24, 2.45) is 0 Å². The van der Waals surface area contributed by atoms with Crippen molar-refractivity contribution in [2.45, 2.75) is 77.0 Å². The summed E-state index contributed by atoms with van der Waals surface area (Å²) in [6.45, 7) is 6.55. The first-order chi connectivity index (χ1) is 9.83. The van der Waals surface area contributed by atoms with Crippen LogP contribution in [0, 0.1) is 0 Å². The van der Waals surface area contributed by atoms with Gasteiger partial charge in [-0.05, 0) is 59.3 Å². The quantitative estimate of drug-likeness (QED) is 0.519. The molecule has 0 radical (unpaired) electrons. The maximum atomic E-state index is 12.1. The van der Waals surface area contributed by atoms with Crippen LogP contribution in [0.4, 0.5) is 4.79 Å². The van der Waals surface area contributed by atoms with Gasteiger partial charge in [-0.15, -0.1) is 0 Å². The number of halogens is 1. The Bertz CT molecular complexity index is 309. The van der Waals surface area contributed by atoms with Crippen molar-refractivity contribution in [2.75, 3.05) is 19.0 Å². The predicted octanol–water partition coefficient (Wildman–Crippen LogP) is 4.36. The highest BCUT2D eigenvalue weighted by Gasteiger charge is 2.29. The number of carbonyl (C=O) groups is 1. The van der Waals surface area contributed by atoms with E-state index in [0.717, 1.165) is 50.5 Å². The molecule has 0 aromatic carbocycles. The zero-order valence-electron chi connectivity index (χ0n) is 13.9. The molecule has 0 aliphatic heterocycles. The largest absolute Gasteiger partial charge is 0.444 e. The van der Waals surface area contributed by atoms with Gasteiger partial charge in [0, 0.05) is 25.0 Å². The average molecular weight is 364 g/mol. The smallest absolute Gasteiger partial charge is 0.410 e. The number of nitrogens with zero attached hydrogens (tertiary/aromatic N) is 1. The molecule has 0 atom stereocenters. The molecular formula is C16H30BrNO3. The van der Waals surface area contributed by atoms with E-state index in [-0.39, 0.29) is 12.1 Å². The molecule has 1 amide bonds. The van der Waals surface area contributed by atoms with Crippen LogP contribution in [0.15, 0.2) is 0 Å². The van der Waals surface area contributed by atoms with Crippen LogP contribution in [0.5, 0.6) is 0 Å². The minimum atomic E-state index is -0.429. The number of unbranched alkanes of at least 4 members (excludes halogenated alkanes) is 1. The van der Waals surface area contributed by atoms with Crippen LogP contribution >= 0.6 is 15.9 Å². The minimum absolute atomic E-state index is 0.218.